The van der Waals surface area contributed by atoms with Gasteiger partial charge in [-0.2, -0.15) is 5.10 Å². The highest BCUT2D eigenvalue weighted by molar-refractivity contribution is 5.88. The van der Waals surface area contributed by atoms with Crippen LogP contribution in [0.5, 0.6) is 11.5 Å². The van der Waals surface area contributed by atoms with Gasteiger partial charge in [0.25, 0.3) is 0 Å². The molecular weight excluding hydrogens is 528 g/mol. The Morgan fingerprint density at radius 1 is 0.952 bits per heavy atom. The van der Waals surface area contributed by atoms with Crippen molar-refractivity contribution in [3.63, 3.8) is 0 Å². The van der Waals surface area contributed by atoms with E-state index in [0.29, 0.717) is 30.4 Å². The molecule has 0 saturated heterocycles. The third kappa shape index (κ3) is 6.42. The van der Waals surface area contributed by atoms with Gasteiger partial charge in [-0.3, -0.25) is 14.5 Å². The molecule has 0 unspecified atom stereocenters. The third-order valence-corrected chi connectivity index (χ3v) is 6.78. The van der Waals surface area contributed by atoms with E-state index in [9.17, 15) is 4.79 Å². The second kappa shape index (κ2) is 13.0. The summed E-state index contributed by atoms with van der Waals surface area (Å²) >= 11 is 0. The van der Waals surface area contributed by atoms with E-state index < -0.39 is 0 Å². The molecule has 42 heavy (non-hydrogen) atoms. The van der Waals surface area contributed by atoms with Crippen molar-refractivity contribution in [2.45, 2.75) is 46.4 Å². The van der Waals surface area contributed by atoms with Crippen molar-refractivity contribution in [2.24, 2.45) is 0 Å². The molecule has 0 saturated carbocycles. The van der Waals surface area contributed by atoms with Gasteiger partial charge in [-0.1, -0.05) is 36.4 Å². The zero-order valence-corrected chi connectivity index (χ0v) is 23.9. The summed E-state index contributed by atoms with van der Waals surface area (Å²) in [5, 5.41) is 5.85. The van der Waals surface area contributed by atoms with E-state index in [1.54, 1.807) is 19.3 Å². The quantitative estimate of drug-likeness (QED) is 0.123. The molecule has 8 nitrogen and oxygen atoms in total. The molecular formula is C34H32N4O4. The first kappa shape index (κ1) is 28.4. The number of benzene rings is 3. The Bertz CT molecular complexity index is 1740. The van der Waals surface area contributed by atoms with Crippen LogP contribution in [0.15, 0.2) is 85.2 Å². The molecule has 0 radical (unpaired) electrons. The van der Waals surface area contributed by atoms with Gasteiger partial charge in [0.05, 0.1) is 25.1 Å². The minimum Gasteiger partial charge on any atom is -0.500 e. The van der Waals surface area contributed by atoms with Crippen LogP contribution in [0.25, 0.3) is 26.9 Å². The molecule has 5 rings (SSSR count). The maximum atomic E-state index is 12.1. The molecule has 2 heterocycles. The Morgan fingerprint density at radius 3 is 2.50 bits per heavy atom. The molecule has 0 aliphatic carbocycles. The molecule has 8 heteroatoms. The predicted octanol–water partition coefficient (Wildman–Crippen LogP) is 7.49. The van der Waals surface area contributed by atoms with Crippen LogP contribution in [0.1, 0.15) is 43.6 Å². The van der Waals surface area contributed by atoms with Gasteiger partial charge in [-0.05, 0) is 68.3 Å². The molecule has 0 amide bonds. The Labute approximate surface area is 245 Å². The SMILES string of the molecule is [C-]#[N+]c1cc(-c2ccc3c(c2)c(COc2ccccc2CC(=O)OCC)nn3C(C)C)ccc1OCc1cccnc1. The zero-order valence-electron chi connectivity index (χ0n) is 23.9. The number of rotatable bonds is 11. The van der Waals surface area contributed by atoms with Crippen LogP contribution in [0.2, 0.25) is 0 Å². The van der Waals surface area contributed by atoms with Crippen molar-refractivity contribution in [1.82, 2.24) is 14.8 Å². The summed E-state index contributed by atoms with van der Waals surface area (Å²) in [7, 11) is 0. The summed E-state index contributed by atoms with van der Waals surface area (Å²) in [6, 6.07) is 23.3. The Kier molecular flexibility index (Phi) is 8.78. The van der Waals surface area contributed by atoms with Crippen molar-refractivity contribution in [3.8, 4) is 22.6 Å². The van der Waals surface area contributed by atoms with Gasteiger partial charge in [0.1, 0.15) is 30.4 Å². The first-order chi connectivity index (χ1) is 20.5. The molecule has 0 spiro atoms. The zero-order chi connectivity index (χ0) is 29.5. The molecule has 0 N–H and O–H groups in total. The second-order valence-electron chi connectivity index (χ2n) is 10.0. The van der Waals surface area contributed by atoms with Crippen molar-refractivity contribution in [1.29, 1.82) is 0 Å². The average molecular weight is 561 g/mol. The molecule has 0 bridgehead atoms. The number of ether oxygens (including phenoxy) is 3. The molecule has 212 valence electrons. The van der Waals surface area contributed by atoms with Gasteiger partial charge in [0, 0.05) is 34.9 Å². The van der Waals surface area contributed by atoms with Crippen LogP contribution in [-0.4, -0.2) is 27.3 Å². The lowest BCUT2D eigenvalue weighted by atomic mass is 10.0. The third-order valence-electron chi connectivity index (χ3n) is 6.78. The molecule has 0 aliphatic rings. The van der Waals surface area contributed by atoms with E-state index in [4.69, 9.17) is 25.9 Å². The lowest BCUT2D eigenvalue weighted by Crippen LogP contribution is -2.09. The average Bonchev–Trinajstić information content (AvgIpc) is 3.38. The predicted molar refractivity (Wildman–Crippen MR) is 161 cm³/mol. The smallest absolute Gasteiger partial charge is 0.310 e. The Morgan fingerprint density at radius 2 is 1.74 bits per heavy atom. The van der Waals surface area contributed by atoms with E-state index in [0.717, 1.165) is 38.9 Å². The second-order valence-corrected chi connectivity index (χ2v) is 10.0. The molecule has 0 fully saturated rings. The fourth-order valence-electron chi connectivity index (χ4n) is 4.74. The summed E-state index contributed by atoms with van der Waals surface area (Å²) in [4.78, 5) is 19.9. The van der Waals surface area contributed by atoms with Crippen LogP contribution >= 0.6 is 0 Å². The van der Waals surface area contributed by atoms with Crippen LogP contribution < -0.4 is 9.47 Å². The van der Waals surface area contributed by atoms with Gasteiger partial charge in [0.2, 0.25) is 5.69 Å². The summed E-state index contributed by atoms with van der Waals surface area (Å²) in [6.45, 7) is 14.6. The van der Waals surface area contributed by atoms with Gasteiger partial charge in [0.15, 0.2) is 0 Å². The molecule has 5 aromatic rings. The maximum absolute atomic E-state index is 12.1. The van der Waals surface area contributed by atoms with E-state index >= 15 is 0 Å². The van der Waals surface area contributed by atoms with Crippen molar-refractivity contribution in [2.75, 3.05) is 6.61 Å². The number of hydrogen-bond donors (Lipinski definition) is 0. The molecule has 3 aromatic carbocycles. The number of aromatic nitrogens is 3. The minimum absolute atomic E-state index is 0.140. The van der Waals surface area contributed by atoms with Gasteiger partial charge in [-0.25, -0.2) is 4.85 Å². The first-order valence-electron chi connectivity index (χ1n) is 13.9. The van der Waals surface area contributed by atoms with E-state index in [1.165, 1.54) is 0 Å². The van der Waals surface area contributed by atoms with Crippen LogP contribution in [0.3, 0.4) is 0 Å². The lowest BCUT2D eigenvalue weighted by Gasteiger charge is -2.11. The van der Waals surface area contributed by atoms with Crippen molar-refractivity contribution >= 4 is 22.6 Å². The van der Waals surface area contributed by atoms with E-state index in [2.05, 4.69) is 35.8 Å². The number of pyridine rings is 1. The number of carbonyl (C=O) groups excluding carboxylic acids is 1. The molecule has 0 aliphatic heterocycles. The van der Waals surface area contributed by atoms with Crippen molar-refractivity contribution in [3.05, 3.63) is 113 Å². The van der Waals surface area contributed by atoms with Crippen molar-refractivity contribution < 1.29 is 19.0 Å². The highest BCUT2D eigenvalue weighted by atomic mass is 16.5. The summed E-state index contributed by atoms with van der Waals surface area (Å²) < 4.78 is 19.3. The highest BCUT2D eigenvalue weighted by Crippen LogP contribution is 2.35. The Balaban J connectivity index is 1.42. The van der Waals surface area contributed by atoms with E-state index in [1.807, 2.05) is 65.3 Å². The first-order valence-corrected chi connectivity index (χ1v) is 13.9. The lowest BCUT2D eigenvalue weighted by molar-refractivity contribution is -0.142. The number of hydrogen-bond acceptors (Lipinski definition) is 6. The van der Waals surface area contributed by atoms with Gasteiger partial charge in [-0.15, -0.1) is 0 Å². The fraction of sp³-hybridized carbons (Fsp3) is 0.235. The molecule has 2 aromatic heterocycles. The minimum atomic E-state index is -0.292. The highest BCUT2D eigenvalue weighted by Gasteiger charge is 2.17. The number of nitrogens with zero attached hydrogens (tertiary/aromatic N) is 4. The maximum Gasteiger partial charge on any atom is 0.310 e. The number of para-hydroxylation sites is 1. The van der Waals surface area contributed by atoms with Crippen LogP contribution in [-0.2, 0) is 29.2 Å². The number of carbonyl (C=O) groups is 1. The van der Waals surface area contributed by atoms with Crippen LogP contribution in [0, 0.1) is 6.57 Å². The van der Waals surface area contributed by atoms with E-state index in [-0.39, 0.29) is 25.0 Å². The van der Waals surface area contributed by atoms with Gasteiger partial charge < -0.3 is 14.2 Å². The topological polar surface area (TPSA) is 79.8 Å². The summed E-state index contributed by atoms with van der Waals surface area (Å²) in [5.41, 5.74) is 5.78. The number of esters is 1. The Hall–Kier alpha value is -5.16. The standard InChI is InChI=1S/C34H32N4O4/c1-5-40-34(39)19-27-10-6-7-11-32(27)42-22-30-28-17-25(12-14-31(28)38(37-30)23(2)3)26-13-15-33(29(18-26)35-4)41-21-24-9-8-16-36-20-24/h6-18,20,23H,5,19,21-22H2,1-3H3. The normalized spacial score (nSPS) is 10.9. The molecule has 0 atom stereocenters. The monoisotopic (exact) mass is 560 g/mol. The largest absolute Gasteiger partial charge is 0.500 e. The summed E-state index contributed by atoms with van der Waals surface area (Å²) in [5.74, 6) is 0.861. The summed E-state index contributed by atoms with van der Waals surface area (Å²) in [6.07, 6.45) is 3.60. The fourth-order valence-corrected chi connectivity index (χ4v) is 4.74. The number of fused-ring (bicyclic) bond motifs is 1. The van der Waals surface area contributed by atoms with Crippen LogP contribution in [0.4, 0.5) is 5.69 Å². The van der Waals surface area contributed by atoms with Gasteiger partial charge >= 0.3 is 5.97 Å².